The topological polar surface area (TPSA) is 29.3 Å². The Hall–Kier alpha value is -0.450. The first-order chi connectivity index (χ1) is 7.65. The average molecular weight is 287 g/mol. The van der Waals surface area contributed by atoms with Gasteiger partial charge in [-0.3, -0.25) is 4.90 Å². The zero-order valence-corrected chi connectivity index (χ0v) is 10.7. The molecule has 0 spiro atoms. The number of hydrogen-bond donors (Lipinski definition) is 1. The van der Waals surface area contributed by atoms with E-state index in [2.05, 4.69) is 20.8 Å². The third-order valence-corrected chi connectivity index (χ3v) is 3.54. The number of rotatable bonds is 2. The summed E-state index contributed by atoms with van der Waals surface area (Å²) < 4.78 is 13.6. The van der Waals surface area contributed by atoms with Crippen molar-refractivity contribution in [3.63, 3.8) is 0 Å². The number of benzene rings is 1. The van der Waals surface area contributed by atoms with Gasteiger partial charge >= 0.3 is 0 Å². The van der Waals surface area contributed by atoms with Crippen LogP contribution in [-0.2, 0) is 6.54 Å². The fraction of sp³-hybridized carbons (Fsp3) is 0.500. The highest BCUT2D eigenvalue weighted by Gasteiger charge is 2.16. The minimum absolute atomic E-state index is 0.209. The molecule has 0 amide bonds. The van der Waals surface area contributed by atoms with Crippen LogP contribution in [0.5, 0.6) is 0 Å². The Bertz CT molecular complexity index is 370. The average Bonchev–Trinajstić information content (AvgIpc) is 2.24. The molecule has 1 heterocycles. The Balaban J connectivity index is 2.00. The van der Waals surface area contributed by atoms with Gasteiger partial charge in [0.05, 0.1) is 4.47 Å². The van der Waals surface area contributed by atoms with Crippen molar-refractivity contribution in [3.05, 3.63) is 34.1 Å². The zero-order valence-electron chi connectivity index (χ0n) is 9.13. The van der Waals surface area contributed by atoms with Crippen LogP contribution in [0.2, 0.25) is 0 Å². The zero-order chi connectivity index (χ0) is 11.5. The van der Waals surface area contributed by atoms with E-state index in [0.29, 0.717) is 4.47 Å². The molecule has 2 N–H and O–H groups in total. The molecule has 1 fully saturated rings. The molecule has 1 aliphatic heterocycles. The van der Waals surface area contributed by atoms with Gasteiger partial charge in [-0.05, 0) is 53.0 Å². The smallest absolute Gasteiger partial charge is 0.137 e. The number of likely N-dealkylation sites (tertiary alicyclic amines) is 1. The molecule has 0 aliphatic carbocycles. The Kier molecular flexibility index (Phi) is 3.95. The van der Waals surface area contributed by atoms with E-state index in [0.717, 1.165) is 38.0 Å². The summed E-state index contributed by atoms with van der Waals surface area (Å²) in [4.78, 5) is 2.33. The molecule has 1 aliphatic rings. The van der Waals surface area contributed by atoms with Gasteiger partial charge < -0.3 is 5.73 Å². The molecule has 4 heteroatoms. The van der Waals surface area contributed by atoms with Gasteiger partial charge in [-0.15, -0.1) is 0 Å². The highest BCUT2D eigenvalue weighted by molar-refractivity contribution is 9.10. The molecular weight excluding hydrogens is 271 g/mol. The minimum Gasteiger partial charge on any atom is -0.327 e. The second kappa shape index (κ2) is 5.25. The molecule has 1 aromatic carbocycles. The van der Waals surface area contributed by atoms with Gasteiger partial charge in [0.15, 0.2) is 0 Å². The second-order valence-electron chi connectivity index (χ2n) is 4.39. The van der Waals surface area contributed by atoms with Crippen molar-refractivity contribution in [2.75, 3.05) is 13.1 Å². The summed E-state index contributed by atoms with van der Waals surface area (Å²) in [7, 11) is 0. The summed E-state index contributed by atoms with van der Waals surface area (Å²) >= 11 is 3.20. The van der Waals surface area contributed by atoms with Crippen LogP contribution in [0.1, 0.15) is 18.4 Å². The van der Waals surface area contributed by atoms with Gasteiger partial charge in [-0.25, -0.2) is 4.39 Å². The van der Waals surface area contributed by atoms with Crippen LogP contribution >= 0.6 is 15.9 Å². The van der Waals surface area contributed by atoms with Gasteiger partial charge in [0.25, 0.3) is 0 Å². The molecule has 2 nitrogen and oxygen atoms in total. The van der Waals surface area contributed by atoms with Crippen LogP contribution in [-0.4, -0.2) is 24.0 Å². The fourth-order valence-electron chi connectivity index (χ4n) is 2.13. The fourth-order valence-corrected chi connectivity index (χ4v) is 2.56. The summed E-state index contributed by atoms with van der Waals surface area (Å²) in [6.07, 6.45) is 2.27. The molecule has 1 aromatic rings. The van der Waals surface area contributed by atoms with Crippen molar-refractivity contribution in [1.82, 2.24) is 4.90 Å². The van der Waals surface area contributed by atoms with Crippen molar-refractivity contribution in [2.45, 2.75) is 25.4 Å². The molecule has 16 heavy (non-hydrogen) atoms. The predicted octanol–water partition coefficient (Wildman–Crippen LogP) is 2.51. The van der Waals surface area contributed by atoms with Crippen LogP contribution < -0.4 is 5.73 Å². The van der Waals surface area contributed by atoms with Gasteiger partial charge in [0, 0.05) is 19.1 Å². The third kappa shape index (κ3) is 3.03. The van der Waals surface area contributed by atoms with E-state index in [-0.39, 0.29) is 11.9 Å². The largest absolute Gasteiger partial charge is 0.327 e. The van der Waals surface area contributed by atoms with E-state index in [9.17, 15) is 4.39 Å². The van der Waals surface area contributed by atoms with Crippen LogP contribution in [0, 0.1) is 5.82 Å². The number of hydrogen-bond acceptors (Lipinski definition) is 2. The standard InChI is InChI=1S/C12H16BrFN2/c13-11-6-9(3-4-12(11)14)7-16-5-1-2-10(15)8-16/h3-4,6,10H,1-2,5,7-8,15H2/t10-/m0/s1. The molecule has 0 aromatic heterocycles. The van der Waals surface area contributed by atoms with Gasteiger partial charge in [-0.2, -0.15) is 0 Å². The Labute approximate surface area is 104 Å². The maximum atomic E-state index is 13.1. The van der Waals surface area contributed by atoms with Gasteiger partial charge in [-0.1, -0.05) is 6.07 Å². The minimum atomic E-state index is -0.209. The van der Waals surface area contributed by atoms with Crippen molar-refractivity contribution in [3.8, 4) is 0 Å². The lowest BCUT2D eigenvalue weighted by atomic mass is 10.1. The Morgan fingerprint density at radius 1 is 1.50 bits per heavy atom. The molecule has 0 radical (unpaired) electrons. The van der Waals surface area contributed by atoms with Crippen LogP contribution in [0.25, 0.3) is 0 Å². The predicted molar refractivity (Wildman–Crippen MR) is 66.6 cm³/mol. The van der Waals surface area contributed by atoms with E-state index in [4.69, 9.17) is 5.73 Å². The lowest BCUT2D eigenvalue weighted by molar-refractivity contribution is 0.201. The summed E-state index contributed by atoms with van der Waals surface area (Å²) in [5, 5.41) is 0. The Morgan fingerprint density at radius 3 is 3.00 bits per heavy atom. The molecule has 1 atom stereocenters. The number of nitrogens with two attached hydrogens (primary N) is 1. The second-order valence-corrected chi connectivity index (χ2v) is 5.24. The highest BCUT2D eigenvalue weighted by atomic mass is 79.9. The summed E-state index contributed by atoms with van der Waals surface area (Å²) in [5.41, 5.74) is 7.05. The maximum Gasteiger partial charge on any atom is 0.137 e. The van der Waals surface area contributed by atoms with E-state index in [1.165, 1.54) is 6.07 Å². The first-order valence-electron chi connectivity index (χ1n) is 5.57. The summed E-state index contributed by atoms with van der Waals surface area (Å²) in [6, 6.07) is 5.47. The van der Waals surface area contributed by atoms with Crippen molar-refractivity contribution >= 4 is 15.9 Å². The lowest BCUT2D eigenvalue weighted by Gasteiger charge is -2.30. The molecular formula is C12H16BrFN2. The summed E-state index contributed by atoms with van der Waals surface area (Å²) in [6.45, 7) is 2.88. The summed E-state index contributed by atoms with van der Waals surface area (Å²) in [5.74, 6) is -0.209. The number of nitrogens with zero attached hydrogens (tertiary/aromatic N) is 1. The molecule has 2 rings (SSSR count). The normalized spacial score (nSPS) is 22.3. The van der Waals surface area contributed by atoms with E-state index in [1.54, 1.807) is 0 Å². The quantitative estimate of drug-likeness (QED) is 0.905. The molecule has 1 saturated heterocycles. The molecule has 0 unspecified atom stereocenters. The SMILES string of the molecule is N[C@H]1CCCN(Cc2ccc(F)c(Br)c2)C1. The van der Waals surface area contributed by atoms with Crippen LogP contribution in [0.15, 0.2) is 22.7 Å². The molecule has 0 bridgehead atoms. The van der Waals surface area contributed by atoms with Gasteiger partial charge in [0.2, 0.25) is 0 Å². The van der Waals surface area contributed by atoms with Crippen LogP contribution in [0.3, 0.4) is 0 Å². The van der Waals surface area contributed by atoms with E-state index >= 15 is 0 Å². The molecule has 88 valence electrons. The highest BCUT2D eigenvalue weighted by Crippen LogP contribution is 2.19. The van der Waals surface area contributed by atoms with Crippen LogP contribution in [0.4, 0.5) is 4.39 Å². The van der Waals surface area contributed by atoms with Crippen molar-refractivity contribution in [2.24, 2.45) is 5.73 Å². The van der Waals surface area contributed by atoms with Gasteiger partial charge in [0.1, 0.15) is 5.82 Å². The van der Waals surface area contributed by atoms with E-state index in [1.807, 2.05) is 12.1 Å². The molecule has 0 saturated carbocycles. The first-order valence-corrected chi connectivity index (χ1v) is 6.36. The van der Waals surface area contributed by atoms with Crippen molar-refractivity contribution < 1.29 is 4.39 Å². The monoisotopic (exact) mass is 286 g/mol. The third-order valence-electron chi connectivity index (χ3n) is 2.93. The number of piperidine rings is 1. The Morgan fingerprint density at radius 2 is 2.31 bits per heavy atom. The van der Waals surface area contributed by atoms with Crippen molar-refractivity contribution in [1.29, 1.82) is 0 Å². The lowest BCUT2D eigenvalue weighted by Crippen LogP contribution is -2.42. The first kappa shape index (κ1) is 12.0. The maximum absolute atomic E-state index is 13.1. The van der Waals surface area contributed by atoms with E-state index < -0.39 is 0 Å². The number of halogens is 2.